The molecule has 0 saturated carbocycles. The average molecular weight is 322 g/mol. The van der Waals surface area contributed by atoms with Crippen molar-refractivity contribution < 1.29 is 9.66 Å². The van der Waals surface area contributed by atoms with Crippen molar-refractivity contribution in [3.05, 3.63) is 68.2 Å². The fourth-order valence-corrected chi connectivity index (χ4v) is 1.94. The molecule has 98 valence electrons. The lowest BCUT2D eigenvalue weighted by Crippen LogP contribution is -1.97. The van der Waals surface area contributed by atoms with Crippen molar-refractivity contribution in [1.29, 1.82) is 0 Å². The second-order valence-electron chi connectivity index (χ2n) is 4.12. The molecule has 0 aliphatic rings. The Kier molecular flexibility index (Phi) is 4.16. The van der Waals surface area contributed by atoms with Crippen LogP contribution in [0, 0.1) is 17.0 Å². The first-order valence-corrected chi connectivity index (χ1v) is 6.48. The van der Waals surface area contributed by atoms with E-state index in [9.17, 15) is 10.1 Å². The maximum Gasteiger partial charge on any atom is 0.269 e. The van der Waals surface area contributed by atoms with Gasteiger partial charge >= 0.3 is 0 Å². The van der Waals surface area contributed by atoms with Gasteiger partial charge in [-0.25, -0.2) is 0 Å². The predicted molar refractivity (Wildman–Crippen MR) is 76.3 cm³/mol. The van der Waals surface area contributed by atoms with Crippen molar-refractivity contribution >= 4 is 21.6 Å². The highest BCUT2D eigenvalue weighted by Gasteiger charge is 2.05. The summed E-state index contributed by atoms with van der Waals surface area (Å²) in [5.74, 6) is 0.799. The van der Waals surface area contributed by atoms with Crippen LogP contribution in [0.3, 0.4) is 0 Å². The number of benzene rings is 2. The maximum atomic E-state index is 10.5. The summed E-state index contributed by atoms with van der Waals surface area (Å²) < 4.78 is 6.66. The first-order valence-electron chi connectivity index (χ1n) is 5.68. The lowest BCUT2D eigenvalue weighted by molar-refractivity contribution is -0.384. The molecule has 19 heavy (non-hydrogen) atoms. The molecule has 0 saturated heterocycles. The summed E-state index contributed by atoms with van der Waals surface area (Å²) >= 11 is 3.39. The highest BCUT2D eigenvalue weighted by molar-refractivity contribution is 9.10. The summed E-state index contributed by atoms with van der Waals surface area (Å²) in [6, 6.07) is 12.2. The molecule has 0 aromatic heterocycles. The van der Waals surface area contributed by atoms with Crippen molar-refractivity contribution in [3.8, 4) is 5.75 Å². The molecule has 0 aliphatic carbocycles. The van der Waals surface area contributed by atoms with Crippen molar-refractivity contribution in [2.45, 2.75) is 13.5 Å². The Balaban J connectivity index is 2.06. The first kappa shape index (κ1) is 13.5. The Morgan fingerprint density at radius 3 is 2.53 bits per heavy atom. The highest BCUT2D eigenvalue weighted by Crippen LogP contribution is 2.24. The summed E-state index contributed by atoms with van der Waals surface area (Å²) in [5.41, 5.74) is 2.03. The van der Waals surface area contributed by atoms with Gasteiger partial charge in [0, 0.05) is 16.6 Å². The fourth-order valence-electron chi connectivity index (χ4n) is 1.60. The smallest absolute Gasteiger partial charge is 0.269 e. The van der Waals surface area contributed by atoms with Gasteiger partial charge < -0.3 is 4.74 Å². The second kappa shape index (κ2) is 5.84. The van der Waals surface area contributed by atoms with E-state index in [4.69, 9.17) is 4.74 Å². The summed E-state index contributed by atoms with van der Waals surface area (Å²) in [4.78, 5) is 10.1. The molecule has 0 spiro atoms. The minimum atomic E-state index is -0.414. The molecular weight excluding hydrogens is 310 g/mol. The van der Waals surface area contributed by atoms with Gasteiger partial charge in [0.05, 0.1) is 4.92 Å². The van der Waals surface area contributed by atoms with Gasteiger partial charge in [-0.05, 0) is 42.3 Å². The van der Waals surface area contributed by atoms with Crippen LogP contribution in [0.15, 0.2) is 46.9 Å². The monoisotopic (exact) mass is 321 g/mol. The quantitative estimate of drug-likeness (QED) is 0.625. The maximum absolute atomic E-state index is 10.5. The zero-order valence-corrected chi connectivity index (χ0v) is 11.9. The number of rotatable bonds is 4. The summed E-state index contributed by atoms with van der Waals surface area (Å²) in [6.45, 7) is 2.35. The lowest BCUT2D eigenvalue weighted by atomic mass is 10.2. The van der Waals surface area contributed by atoms with E-state index in [2.05, 4.69) is 15.9 Å². The number of hydrogen-bond acceptors (Lipinski definition) is 3. The third kappa shape index (κ3) is 3.54. The number of hydrogen-bond donors (Lipinski definition) is 0. The molecule has 0 aliphatic heterocycles. The topological polar surface area (TPSA) is 52.4 Å². The second-order valence-corrected chi connectivity index (χ2v) is 5.04. The van der Waals surface area contributed by atoms with E-state index in [1.165, 1.54) is 12.1 Å². The molecule has 0 unspecified atom stereocenters. The number of nitro benzene ring substituents is 1. The van der Waals surface area contributed by atoms with E-state index in [-0.39, 0.29) is 5.69 Å². The number of ether oxygens (including phenoxy) is 1. The van der Waals surface area contributed by atoms with Crippen LogP contribution in [0.4, 0.5) is 5.69 Å². The van der Waals surface area contributed by atoms with Crippen LogP contribution < -0.4 is 4.74 Å². The molecule has 0 fully saturated rings. The van der Waals surface area contributed by atoms with E-state index in [0.29, 0.717) is 6.61 Å². The van der Waals surface area contributed by atoms with Crippen LogP contribution in [-0.2, 0) is 6.61 Å². The number of halogens is 1. The van der Waals surface area contributed by atoms with Crippen LogP contribution in [0.2, 0.25) is 0 Å². The standard InChI is InChI=1S/C14H12BrNO3/c1-10-2-5-12(15)8-14(10)19-9-11-3-6-13(7-4-11)16(17)18/h2-8H,9H2,1H3. The zero-order valence-electron chi connectivity index (χ0n) is 10.3. The van der Waals surface area contributed by atoms with Crippen molar-refractivity contribution in [1.82, 2.24) is 0 Å². The number of non-ortho nitro benzene ring substituents is 1. The van der Waals surface area contributed by atoms with Gasteiger partial charge in [0.1, 0.15) is 12.4 Å². The van der Waals surface area contributed by atoms with Gasteiger partial charge in [-0.1, -0.05) is 22.0 Å². The van der Waals surface area contributed by atoms with Crippen LogP contribution in [0.1, 0.15) is 11.1 Å². The molecule has 2 aromatic rings. The number of aryl methyl sites for hydroxylation is 1. The van der Waals surface area contributed by atoms with E-state index in [1.807, 2.05) is 25.1 Å². The van der Waals surface area contributed by atoms with Gasteiger partial charge in [-0.3, -0.25) is 10.1 Å². The number of nitrogens with zero attached hydrogens (tertiary/aromatic N) is 1. The van der Waals surface area contributed by atoms with E-state index in [0.717, 1.165) is 21.3 Å². The van der Waals surface area contributed by atoms with E-state index < -0.39 is 4.92 Å². The summed E-state index contributed by atoms with van der Waals surface area (Å²) in [6.07, 6.45) is 0. The molecule has 0 radical (unpaired) electrons. The Morgan fingerprint density at radius 2 is 1.89 bits per heavy atom. The van der Waals surface area contributed by atoms with Crippen molar-refractivity contribution in [2.75, 3.05) is 0 Å². The normalized spacial score (nSPS) is 10.2. The fraction of sp³-hybridized carbons (Fsp3) is 0.143. The highest BCUT2D eigenvalue weighted by atomic mass is 79.9. The Morgan fingerprint density at radius 1 is 1.21 bits per heavy atom. The molecule has 2 aromatic carbocycles. The van der Waals surface area contributed by atoms with Gasteiger partial charge in [-0.2, -0.15) is 0 Å². The molecule has 0 heterocycles. The first-order chi connectivity index (χ1) is 9.06. The molecule has 0 atom stereocenters. The van der Waals surface area contributed by atoms with Crippen molar-refractivity contribution in [3.63, 3.8) is 0 Å². The van der Waals surface area contributed by atoms with Crippen LogP contribution in [0.5, 0.6) is 5.75 Å². The third-order valence-corrected chi connectivity index (χ3v) is 3.18. The Bertz CT molecular complexity index is 596. The third-order valence-electron chi connectivity index (χ3n) is 2.69. The lowest BCUT2D eigenvalue weighted by Gasteiger charge is -2.09. The van der Waals surface area contributed by atoms with Gasteiger partial charge in [0.25, 0.3) is 5.69 Å². The van der Waals surface area contributed by atoms with Gasteiger partial charge in [0.15, 0.2) is 0 Å². The summed E-state index contributed by atoms with van der Waals surface area (Å²) in [5, 5.41) is 10.5. The Hall–Kier alpha value is -1.88. The number of nitro groups is 1. The van der Waals surface area contributed by atoms with Gasteiger partial charge in [0.2, 0.25) is 0 Å². The molecule has 2 rings (SSSR count). The van der Waals surface area contributed by atoms with Gasteiger partial charge in [-0.15, -0.1) is 0 Å². The van der Waals surface area contributed by atoms with E-state index in [1.54, 1.807) is 12.1 Å². The molecule has 5 heteroatoms. The SMILES string of the molecule is Cc1ccc(Br)cc1OCc1ccc([N+](=O)[O-])cc1. The molecular formula is C14H12BrNO3. The van der Waals surface area contributed by atoms with Crippen molar-refractivity contribution in [2.24, 2.45) is 0 Å². The molecule has 4 nitrogen and oxygen atoms in total. The minimum absolute atomic E-state index is 0.0855. The Labute approximate surface area is 119 Å². The molecule has 0 amide bonds. The van der Waals surface area contributed by atoms with Crippen LogP contribution in [0.25, 0.3) is 0 Å². The predicted octanol–water partition coefficient (Wildman–Crippen LogP) is 4.24. The molecule has 0 N–H and O–H groups in total. The zero-order chi connectivity index (χ0) is 13.8. The minimum Gasteiger partial charge on any atom is -0.489 e. The summed E-state index contributed by atoms with van der Waals surface area (Å²) in [7, 11) is 0. The molecule has 0 bridgehead atoms. The average Bonchev–Trinajstić information content (AvgIpc) is 2.40. The van der Waals surface area contributed by atoms with Crippen LogP contribution in [-0.4, -0.2) is 4.92 Å². The van der Waals surface area contributed by atoms with E-state index >= 15 is 0 Å². The van der Waals surface area contributed by atoms with Crippen LogP contribution >= 0.6 is 15.9 Å². The largest absolute Gasteiger partial charge is 0.489 e.